The Labute approximate surface area is 120 Å². The SMILES string of the molecule is CCCn1c(C(C)C)nc(-c2cn(C)nc2CC)c1N. The summed E-state index contributed by atoms with van der Waals surface area (Å²) < 4.78 is 3.98. The van der Waals surface area contributed by atoms with Gasteiger partial charge in [-0.25, -0.2) is 4.98 Å². The Morgan fingerprint density at radius 1 is 1.30 bits per heavy atom. The summed E-state index contributed by atoms with van der Waals surface area (Å²) in [5.41, 5.74) is 9.35. The van der Waals surface area contributed by atoms with Gasteiger partial charge < -0.3 is 10.3 Å². The lowest BCUT2D eigenvalue weighted by Crippen LogP contribution is -2.08. The van der Waals surface area contributed by atoms with E-state index in [4.69, 9.17) is 10.7 Å². The van der Waals surface area contributed by atoms with Gasteiger partial charge >= 0.3 is 0 Å². The molecule has 0 fully saturated rings. The maximum absolute atomic E-state index is 6.36. The van der Waals surface area contributed by atoms with E-state index in [-0.39, 0.29) is 0 Å². The molecule has 0 aliphatic rings. The Balaban J connectivity index is 2.59. The van der Waals surface area contributed by atoms with Crippen molar-refractivity contribution in [1.29, 1.82) is 0 Å². The molecule has 2 aromatic rings. The molecule has 0 amide bonds. The number of nitrogens with zero attached hydrogens (tertiary/aromatic N) is 4. The number of anilines is 1. The first-order valence-electron chi connectivity index (χ1n) is 7.38. The van der Waals surface area contributed by atoms with Crippen LogP contribution in [0.15, 0.2) is 6.20 Å². The van der Waals surface area contributed by atoms with E-state index >= 15 is 0 Å². The molecule has 0 atom stereocenters. The highest BCUT2D eigenvalue weighted by molar-refractivity contribution is 5.72. The molecule has 0 aliphatic heterocycles. The molecular weight excluding hydrogens is 250 g/mol. The smallest absolute Gasteiger partial charge is 0.131 e. The van der Waals surface area contributed by atoms with Crippen LogP contribution in [0.2, 0.25) is 0 Å². The summed E-state index contributed by atoms with van der Waals surface area (Å²) in [5.74, 6) is 2.18. The maximum Gasteiger partial charge on any atom is 0.131 e. The van der Waals surface area contributed by atoms with E-state index in [1.807, 2.05) is 17.9 Å². The van der Waals surface area contributed by atoms with Gasteiger partial charge in [0.05, 0.1) is 5.69 Å². The molecule has 0 unspecified atom stereocenters. The van der Waals surface area contributed by atoms with Gasteiger partial charge in [0.1, 0.15) is 17.3 Å². The van der Waals surface area contributed by atoms with E-state index in [2.05, 4.69) is 37.4 Å². The second-order valence-electron chi connectivity index (χ2n) is 5.53. The van der Waals surface area contributed by atoms with Crippen molar-refractivity contribution in [3.63, 3.8) is 0 Å². The largest absolute Gasteiger partial charge is 0.383 e. The molecule has 0 bridgehead atoms. The number of nitrogen functional groups attached to an aromatic ring is 1. The third-order valence-electron chi connectivity index (χ3n) is 3.50. The first kappa shape index (κ1) is 14.6. The predicted octanol–water partition coefficient (Wildman–Crippen LogP) is 2.96. The zero-order valence-corrected chi connectivity index (χ0v) is 13.1. The summed E-state index contributed by atoms with van der Waals surface area (Å²) in [5, 5.41) is 4.49. The van der Waals surface area contributed by atoms with Crippen LogP contribution in [0.3, 0.4) is 0 Å². The quantitative estimate of drug-likeness (QED) is 0.912. The third-order valence-corrected chi connectivity index (χ3v) is 3.50. The lowest BCUT2D eigenvalue weighted by Gasteiger charge is -2.10. The molecule has 0 aromatic carbocycles. The Kier molecular flexibility index (Phi) is 4.16. The molecule has 0 saturated carbocycles. The van der Waals surface area contributed by atoms with Crippen LogP contribution < -0.4 is 5.73 Å². The number of hydrogen-bond acceptors (Lipinski definition) is 3. The summed E-state index contributed by atoms with van der Waals surface area (Å²) in [7, 11) is 1.94. The van der Waals surface area contributed by atoms with E-state index in [0.717, 1.165) is 48.0 Å². The van der Waals surface area contributed by atoms with E-state index in [0.29, 0.717) is 5.92 Å². The van der Waals surface area contributed by atoms with Crippen LogP contribution in [-0.2, 0) is 20.0 Å². The van der Waals surface area contributed by atoms with Gasteiger partial charge in [0.15, 0.2) is 0 Å². The van der Waals surface area contributed by atoms with Gasteiger partial charge in [-0.2, -0.15) is 5.10 Å². The summed E-state index contributed by atoms with van der Waals surface area (Å²) in [6.07, 6.45) is 3.94. The zero-order valence-electron chi connectivity index (χ0n) is 13.1. The molecule has 5 nitrogen and oxygen atoms in total. The maximum atomic E-state index is 6.36. The number of hydrogen-bond donors (Lipinski definition) is 1. The highest BCUT2D eigenvalue weighted by atomic mass is 15.3. The monoisotopic (exact) mass is 275 g/mol. The second-order valence-corrected chi connectivity index (χ2v) is 5.53. The van der Waals surface area contributed by atoms with E-state index < -0.39 is 0 Å². The minimum absolute atomic E-state index is 0.361. The van der Waals surface area contributed by atoms with Gasteiger partial charge in [-0.15, -0.1) is 0 Å². The minimum Gasteiger partial charge on any atom is -0.383 e. The van der Waals surface area contributed by atoms with Crippen molar-refractivity contribution < 1.29 is 0 Å². The number of aromatic nitrogens is 4. The molecular formula is C15H25N5. The highest BCUT2D eigenvalue weighted by Gasteiger charge is 2.21. The second kappa shape index (κ2) is 5.69. The van der Waals surface area contributed by atoms with Crippen molar-refractivity contribution in [1.82, 2.24) is 19.3 Å². The molecule has 0 radical (unpaired) electrons. The van der Waals surface area contributed by atoms with Crippen LogP contribution in [-0.4, -0.2) is 19.3 Å². The van der Waals surface area contributed by atoms with Crippen LogP contribution in [0.1, 0.15) is 51.6 Å². The average Bonchev–Trinajstić information content (AvgIpc) is 2.92. The minimum atomic E-state index is 0.361. The fourth-order valence-corrected chi connectivity index (χ4v) is 2.57. The summed E-state index contributed by atoms with van der Waals surface area (Å²) >= 11 is 0. The van der Waals surface area contributed by atoms with Crippen molar-refractivity contribution in [3.05, 3.63) is 17.7 Å². The van der Waals surface area contributed by atoms with Gasteiger partial charge in [0.25, 0.3) is 0 Å². The summed E-state index contributed by atoms with van der Waals surface area (Å²) in [4.78, 5) is 4.80. The van der Waals surface area contributed by atoms with Crippen molar-refractivity contribution >= 4 is 5.82 Å². The Hall–Kier alpha value is -1.78. The first-order chi connectivity index (χ1) is 9.49. The molecule has 20 heavy (non-hydrogen) atoms. The number of nitrogens with two attached hydrogens (primary N) is 1. The van der Waals surface area contributed by atoms with E-state index in [1.54, 1.807) is 0 Å². The van der Waals surface area contributed by atoms with Gasteiger partial charge in [-0.3, -0.25) is 4.68 Å². The predicted molar refractivity (Wildman–Crippen MR) is 82.6 cm³/mol. The van der Waals surface area contributed by atoms with Gasteiger partial charge in [-0.05, 0) is 12.8 Å². The van der Waals surface area contributed by atoms with Gasteiger partial charge in [0, 0.05) is 31.3 Å². The molecule has 110 valence electrons. The molecule has 0 saturated heterocycles. The van der Waals surface area contributed by atoms with Crippen molar-refractivity contribution in [2.75, 3.05) is 5.73 Å². The van der Waals surface area contributed by atoms with Crippen LogP contribution in [0, 0.1) is 0 Å². The van der Waals surface area contributed by atoms with Crippen LogP contribution in [0.5, 0.6) is 0 Å². The molecule has 2 rings (SSSR count). The topological polar surface area (TPSA) is 61.7 Å². The lowest BCUT2D eigenvalue weighted by molar-refractivity contribution is 0.616. The normalized spacial score (nSPS) is 11.5. The Morgan fingerprint density at radius 2 is 2.00 bits per heavy atom. The molecule has 0 aliphatic carbocycles. The first-order valence-corrected chi connectivity index (χ1v) is 7.38. The Morgan fingerprint density at radius 3 is 2.55 bits per heavy atom. The van der Waals surface area contributed by atoms with E-state index in [1.165, 1.54) is 0 Å². The molecule has 2 heterocycles. The fourth-order valence-electron chi connectivity index (χ4n) is 2.57. The Bertz CT molecular complexity index is 592. The highest BCUT2D eigenvalue weighted by Crippen LogP contribution is 2.31. The van der Waals surface area contributed by atoms with Crippen LogP contribution in [0.4, 0.5) is 5.82 Å². The van der Waals surface area contributed by atoms with Gasteiger partial charge in [0.2, 0.25) is 0 Å². The van der Waals surface area contributed by atoms with Crippen molar-refractivity contribution in [2.24, 2.45) is 7.05 Å². The van der Waals surface area contributed by atoms with Crippen LogP contribution >= 0.6 is 0 Å². The molecule has 0 spiro atoms. The summed E-state index contributed by atoms with van der Waals surface area (Å²) in [6.45, 7) is 9.48. The lowest BCUT2D eigenvalue weighted by atomic mass is 10.1. The number of imidazole rings is 1. The standard InChI is InChI=1S/C15H25N5/c1-6-8-20-14(16)13(17-15(20)10(3)4)11-9-19(5)18-12(11)7-2/h9-10H,6-8,16H2,1-5H3. The average molecular weight is 275 g/mol. The third kappa shape index (κ3) is 2.44. The molecule has 5 heteroatoms. The summed E-state index contributed by atoms with van der Waals surface area (Å²) in [6, 6.07) is 0. The van der Waals surface area contributed by atoms with E-state index in [9.17, 15) is 0 Å². The van der Waals surface area contributed by atoms with Gasteiger partial charge in [-0.1, -0.05) is 27.7 Å². The van der Waals surface area contributed by atoms with Crippen LogP contribution in [0.25, 0.3) is 11.3 Å². The van der Waals surface area contributed by atoms with Crippen molar-refractivity contribution in [3.8, 4) is 11.3 Å². The fraction of sp³-hybridized carbons (Fsp3) is 0.600. The number of rotatable bonds is 5. The number of aryl methyl sites for hydroxylation is 2. The van der Waals surface area contributed by atoms with Crippen molar-refractivity contribution in [2.45, 2.75) is 53.0 Å². The molecule has 2 N–H and O–H groups in total. The zero-order chi connectivity index (χ0) is 14.9. The molecule has 2 aromatic heterocycles.